The first kappa shape index (κ1) is 34.5. The second-order valence-corrected chi connectivity index (χ2v) is 13.7. The molecule has 5 aromatic rings. The Balaban J connectivity index is 0.729. The lowest BCUT2D eigenvalue weighted by Gasteiger charge is -2.23. The second kappa shape index (κ2) is 14.9. The number of ether oxygens (including phenoxy) is 4. The summed E-state index contributed by atoms with van der Waals surface area (Å²) >= 11 is 0. The van der Waals surface area contributed by atoms with Crippen LogP contribution >= 0.6 is 0 Å². The fraction of sp³-hybridized carbons (Fsp3) is 0.196. The van der Waals surface area contributed by atoms with Crippen LogP contribution in [0.3, 0.4) is 0 Å². The average Bonchev–Trinajstić information content (AvgIpc) is 3.22. The molecule has 9 heteroatoms. The highest BCUT2D eigenvalue weighted by Gasteiger charge is 2.25. The fourth-order valence-corrected chi connectivity index (χ4v) is 7.97. The molecular weight excluding hydrogens is 696 g/mol. The van der Waals surface area contributed by atoms with Gasteiger partial charge in [-0.25, -0.2) is 14.4 Å². The highest BCUT2D eigenvalue weighted by molar-refractivity contribution is 6.12. The third-order valence-corrected chi connectivity index (χ3v) is 10.5. The normalized spacial score (nSPS) is 14.3. The number of esters is 2. The molecule has 0 bridgehead atoms. The molecule has 0 aliphatic heterocycles. The van der Waals surface area contributed by atoms with Crippen molar-refractivity contribution in [3.63, 3.8) is 0 Å². The van der Waals surface area contributed by atoms with Crippen LogP contribution in [-0.4, -0.2) is 51.1 Å². The first-order valence-corrected chi connectivity index (χ1v) is 18.4. The predicted molar refractivity (Wildman–Crippen MR) is 207 cm³/mol. The molecule has 55 heavy (non-hydrogen) atoms. The Labute approximate surface area is 317 Å². The lowest BCUT2D eigenvalue weighted by molar-refractivity contribution is -0.245. The molecule has 9 rings (SSSR count). The van der Waals surface area contributed by atoms with Crippen molar-refractivity contribution in [2.24, 2.45) is 0 Å². The van der Waals surface area contributed by atoms with Crippen LogP contribution in [0.25, 0.3) is 32.7 Å². The smallest absolute Gasteiger partial charge is 0.376 e. The summed E-state index contributed by atoms with van der Waals surface area (Å²) in [7, 11) is 0. The molecule has 0 atom stereocenters. The van der Waals surface area contributed by atoms with Crippen molar-refractivity contribution in [1.82, 2.24) is 0 Å². The van der Waals surface area contributed by atoms with Gasteiger partial charge in [0.1, 0.15) is 31.1 Å². The molecule has 0 heterocycles. The number of allylic oxidation sites excluding steroid dienone is 8. The lowest BCUT2D eigenvalue weighted by Crippen LogP contribution is -2.16. The van der Waals surface area contributed by atoms with E-state index in [9.17, 15) is 14.4 Å². The van der Waals surface area contributed by atoms with Crippen molar-refractivity contribution < 1.29 is 43.1 Å². The van der Waals surface area contributed by atoms with Crippen LogP contribution in [0.1, 0.15) is 64.5 Å². The van der Waals surface area contributed by atoms with Crippen LogP contribution in [0, 0.1) is 0 Å². The molecule has 0 aromatic heterocycles. The number of carbonyl (C=O) groups excluding carboxylic acids is 3. The Kier molecular flexibility index (Phi) is 9.31. The third kappa shape index (κ3) is 6.51. The van der Waals surface area contributed by atoms with Crippen molar-refractivity contribution >= 4 is 50.6 Å². The van der Waals surface area contributed by atoms with Gasteiger partial charge in [0.15, 0.2) is 6.79 Å². The summed E-state index contributed by atoms with van der Waals surface area (Å²) in [6.45, 7) is -0.377. The summed E-state index contributed by atoms with van der Waals surface area (Å²) < 4.78 is 22.3. The maximum Gasteiger partial charge on any atom is 0.376 e. The summed E-state index contributed by atoms with van der Waals surface area (Å²) in [4.78, 5) is 49.1. The number of benzene rings is 5. The molecule has 0 radical (unpaired) electrons. The minimum Gasteiger partial charge on any atom is -0.467 e. The van der Waals surface area contributed by atoms with E-state index in [2.05, 4.69) is 48.6 Å². The molecule has 0 fully saturated rings. The summed E-state index contributed by atoms with van der Waals surface area (Å²) in [5.74, 6) is -1.46. The third-order valence-electron chi connectivity index (χ3n) is 10.5. The standard InChI is InChI=1S/C46H36O9/c47-44(36-21-17-32-13-11-28-5-3-7-30-15-19-34(36)42(32)40(28)30)51-24-23-50-27-53-39-10-2-1-9-38(39)46(49)55-54-26-25-52-45(48)37-22-18-33-14-12-29-6-4-8-31-16-20-35(37)43(33)41(29)31/h1-6,9-12,15-22H,7-8,13-14,23-27H2. The van der Waals surface area contributed by atoms with Gasteiger partial charge in [-0.2, -0.15) is 4.89 Å². The van der Waals surface area contributed by atoms with E-state index in [0.717, 1.165) is 47.2 Å². The number of rotatable bonds is 13. The molecule has 5 aromatic carbocycles. The Hall–Kier alpha value is -6.29. The van der Waals surface area contributed by atoms with Crippen LogP contribution in [0.5, 0.6) is 5.75 Å². The van der Waals surface area contributed by atoms with Gasteiger partial charge in [-0.1, -0.05) is 85.0 Å². The summed E-state index contributed by atoms with van der Waals surface area (Å²) in [6.07, 6.45) is 16.5. The lowest BCUT2D eigenvalue weighted by atomic mass is 9.81. The number of para-hydroxylation sites is 1. The highest BCUT2D eigenvalue weighted by Crippen LogP contribution is 2.41. The van der Waals surface area contributed by atoms with E-state index in [1.54, 1.807) is 24.3 Å². The van der Waals surface area contributed by atoms with Gasteiger partial charge in [0.05, 0.1) is 17.7 Å². The molecule has 0 saturated carbocycles. The zero-order chi connectivity index (χ0) is 37.3. The number of hydrogen-bond acceptors (Lipinski definition) is 9. The van der Waals surface area contributed by atoms with Gasteiger partial charge in [-0.05, 0) is 116 Å². The van der Waals surface area contributed by atoms with Crippen LogP contribution < -0.4 is 4.74 Å². The van der Waals surface area contributed by atoms with Gasteiger partial charge >= 0.3 is 17.9 Å². The van der Waals surface area contributed by atoms with Gasteiger partial charge < -0.3 is 18.9 Å². The fourth-order valence-electron chi connectivity index (χ4n) is 7.97. The quantitative estimate of drug-likeness (QED) is 0.0389. The topological polar surface area (TPSA) is 107 Å². The largest absolute Gasteiger partial charge is 0.467 e. The maximum atomic E-state index is 13.1. The van der Waals surface area contributed by atoms with Gasteiger partial charge in [-0.15, -0.1) is 0 Å². The van der Waals surface area contributed by atoms with Gasteiger partial charge in [0.2, 0.25) is 0 Å². The van der Waals surface area contributed by atoms with Crippen molar-refractivity contribution in [2.75, 3.05) is 33.2 Å². The van der Waals surface area contributed by atoms with Gasteiger partial charge in [0.25, 0.3) is 0 Å². The second-order valence-electron chi connectivity index (χ2n) is 13.7. The van der Waals surface area contributed by atoms with E-state index in [4.69, 9.17) is 28.7 Å². The minimum atomic E-state index is -0.785. The molecule has 9 nitrogen and oxygen atoms in total. The van der Waals surface area contributed by atoms with Crippen LogP contribution in [-0.2, 0) is 49.7 Å². The van der Waals surface area contributed by atoms with E-state index in [0.29, 0.717) is 11.1 Å². The van der Waals surface area contributed by atoms with Crippen molar-refractivity contribution in [2.45, 2.75) is 25.7 Å². The Bertz CT molecular complexity index is 2540. The molecule has 0 unspecified atom stereocenters. The minimum absolute atomic E-state index is 0.0196. The SMILES string of the molecule is O=C(OOCCOC(=O)c1ccc2c3c4c(ccc13)CC=CC4=CC2)c1ccccc1OCOCCOC(=O)c1ccc2c3c4c(ccc13)CC=CC4=CC2. The number of carbonyl (C=O) groups is 3. The average molecular weight is 733 g/mol. The Morgan fingerprint density at radius 1 is 0.527 bits per heavy atom. The first-order valence-electron chi connectivity index (χ1n) is 18.4. The Morgan fingerprint density at radius 3 is 1.71 bits per heavy atom. The van der Waals surface area contributed by atoms with Crippen molar-refractivity contribution in [3.05, 3.63) is 159 Å². The van der Waals surface area contributed by atoms with Crippen molar-refractivity contribution in [3.8, 4) is 5.75 Å². The molecule has 4 aliphatic rings. The zero-order valence-electron chi connectivity index (χ0n) is 29.9. The molecule has 0 amide bonds. The molecule has 4 aliphatic carbocycles. The van der Waals surface area contributed by atoms with Crippen LogP contribution in [0.4, 0.5) is 0 Å². The van der Waals surface area contributed by atoms with E-state index in [1.165, 1.54) is 50.6 Å². The van der Waals surface area contributed by atoms with Gasteiger partial charge in [-0.3, -0.25) is 4.89 Å². The zero-order valence-corrected chi connectivity index (χ0v) is 29.9. The molecule has 0 saturated heterocycles. The molecular formula is C46H36O9. The molecule has 0 spiro atoms. The predicted octanol–water partition coefficient (Wildman–Crippen LogP) is 8.25. The first-order chi connectivity index (χ1) is 27.0. The summed E-state index contributed by atoms with van der Waals surface area (Å²) in [5, 5.41) is 3.98. The molecule has 0 N–H and O–H groups in total. The summed E-state index contributed by atoms with van der Waals surface area (Å²) in [5.41, 5.74) is 10.8. The molecule has 274 valence electrons. The Morgan fingerprint density at radius 2 is 1.09 bits per heavy atom. The van der Waals surface area contributed by atoms with Crippen LogP contribution in [0.15, 0.2) is 109 Å². The van der Waals surface area contributed by atoms with E-state index < -0.39 is 17.9 Å². The van der Waals surface area contributed by atoms with E-state index in [-0.39, 0.29) is 44.5 Å². The maximum absolute atomic E-state index is 13.1. The number of hydrogen-bond donors (Lipinski definition) is 0. The summed E-state index contributed by atoms with van der Waals surface area (Å²) in [6, 6.07) is 22.3. The van der Waals surface area contributed by atoms with Crippen molar-refractivity contribution in [1.29, 1.82) is 0 Å². The monoisotopic (exact) mass is 732 g/mol. The highest BCUT2D eigenvalue weighted by atomic mass is 17.2. The van der Waals surface area contributed by atoms with E-state index in [1.807, 2.05) is 30.3 Å². The van der Waals surface area contributed by atoms with Gasteiger partial charge in [0, 0.05) is 0 Å². The van der Waals surface area contributed by atoms with E-state index >= 15 is 0 Å². The van der Waals surface area contributed by atoms with Crippen LogP contribution in [0.2, 0.25) is 0 Å².